The molecule has 0 aliphatic rings. The fraction of sp³-hybridized carbons (Fsp3) is 0.100. The molecule has 0 fully saturated rings. The molecule has 0 amide bonds. The summed E-state index contributed by atoms with van der Waals surface area (Å²) < 4.78 is 0. The molecule has 0 radical (unpaired) electrons. The first kappa shape index (κ1) is 15.4. The van der Waals surface area contributed by atoms with Crippen molar-refractivity contribution in [3.05, 3.63) is 70.7 Å². The number of hydrogen-bond acceptors (Lipinski definition) is 2. The van der Waals surface area contributed by atoms with E-state index < -0.39 is 0 Å². The molecule has 23 heavy (non-hydrogen) atoms. The SMILES string of the molecule is C=Nc1nc(-c2ccc(-c3ccccc3C)cc2)c(Cl)cc1C. The molecule has 1 aromatic heterocycles. The quantitative estimate of drug-likeness (QED) is 0.542. The molecule has 0 bridgehead atoms. The molecular formula is C20H17ClN2. The van der Waals surface area contributed by atoms with Gasteiger partial charge in [-0.3, -0.25) is 0 Å². The molecule has 2 nitrogen and oxygen atoms in total. The van der Waals surface area contributed by atoms with E-state index in [0.29, 0.717) is 10.8 Å². The Hall–Kier alpha value is -2.45. The van der Waals surface area contributed by atoms with E-state index in [4.69, 9.17) is 11.6 Å². The summed E-state index contributed by atoms with van der Waals surface area (Å²) in [4.78, 5) is 8.47. The van der Waals surface area contributed by atoms with Crippen LogP contribution in [0.3, 0.4) is 0 Å². The molecular weight excluding hydrogens is 304 g/mol. The number of hydrogen-bond donors (Lipinski definition) is 0. The Kier molecular flexibility index (Phi) is 4.26. The number of aliphatic imine (C=N–C) groups is 1. The lowest BCUT2D eigenvalue weighted by molar-refractivity contribution is 1.23. The molecule has 1 heterocycles. The highest BCUT2D eigenvalue weighted by Crippen LogP contribution is 2.32. The number of aryl methyl sites for hydroxylation is 2. The van der Waals surface area contributed by atoms with Gasteiger partial charge in [0.2, 0.25) is 0 Å². The smallest absolute Gasteiger partial charge is 0.154 e. The molecule has 2 aromatic carbocycles. The Morgan fingerprint density at radius 3 is 2.22 bits per heavy atom. The van der Waals surface area contributed by atoms with Crippen LogP contribution in [0.2, 0.25) is 5.02 Å². The number of aromatic nitrogens is 1. The fourth-order valence-corrected chi connectivity index (χ4v) is 2.95. The number of benzene rings is 2. The van der Waals surface area contributed by atoms with Gasteiger partial charge in [-0.2, -0.15) is 0 Å². The lowest BCUT2D eigenvalue weighted by atomic mass is 9.99. The molecule has 3 rings (SSSR count). The van der Waals surface area contributed by atoms with Gasteiger partial charge in [-0.05, 0) is 48.9 Å². The van der Waals surface area contributed by atoms with Crippen LogP contribution in [0.15, 0.2) is 59.6 Å². The van der Waals surface area contributed by atoms with E-state index in [9.17, 15) is 0 Å². The molecule has 0 saturated carbocycles. The molecule has 3 heteroatoms. The first-order valence-corrected chi connectivity index (χ1v) is 7.78. The molecule has 3 aromatic rings. The zero-order chi connectivity index (χ0) is 16.4. The molecule has 0 aliphatic heterocycles. The monoisotopic (exact) mass is 320 g/mol. The highest BCUT2D eigenvalue weighted by Gasteiger charge is 2.10. The topological polar surface area (TPSA) is 25.2 Å². The zero-order valence-electron chi connectivity index (χ0n) is 13.2. The summed E-state index contributed by atoms with van der Waals surface area (Å²) >= 11 is 6.35. The Labute approximate surface area is 141 Å². The molecule has 114 valence electrons. The third-order valence-electron chi connectivity index (χ3n) is 3.90. The third kappa shape index (κ3) is 3.03. The Bertz CT molecular complexity index is 867. The van der Waals surface area contributed by atoms with Crippen LogP contribution in [0, 0.1) is 13.8 Å². The minimum atomic E-state index is 0.618. The normalized spacial score (nSPS) is 10.6. The Morgan fingerprint density at radius 2 is 1.57 bits per heavy atom. The van der Waals surface area contributed by atoms with E-state index in [-0.39, 0.29) is 0 Å². The fourth-order valence-electron chi connectivity index (χ4n) is 2.64. The first-order chi connectivity index (χ1) is 11.1. The van der Waals surface area contributed by atoms with Crippen LogP contribution in [0.4, 0.5) is 5.82 Å². The van der Waals surface area contributed by atoms with Gasteiger partial charge in [0, 0.05) is 5.56 Å². The van der Waals surface area contributed by atoms with Gasteiger partial charge in [0.05, 0.1) is 10.7 Å². The van der Waals surface area contributed by atoms with Gasteiger partial charge in [0.25, 0.3) is 0 Å². The molecule has 0 spiro atoms. The molecule has 0 unspecified atom stereocenters. The van der Waals surface area contributed by atoms with Gasteiger partial charge in [-0.1, -0.05) is 60.1 Å². The van der Waals surface area contributed by atoms with Crippen molar-refractivity contribution >= 4 is 24.1 Å². The summed E-state index contributed by atoms with van der Waals surface area (Å²) in [7, 11) is 0. The van der Waals surface area contributed by atoms with E-state index in [1.807, 2.05) is 31.2 Å². The molecule has 0 saturated heterocycles. The Morgan fingerprint density at radius 1 is 0.913 bits per heavy atom. The van der Waals surface area contributed by atoms with Crippen molar-refractivity contribution in [1.82, 2.24) is 4.98 Å². The summed E-state index contributed by atoms with van der Waals surface area (Å²) in [6, 6.07) is 18.5. The maximum atomic E-state index is 6.35. The highest BCUT2D eigenvalue weighted by atomic mass is 35.5. The van der Waals surface area contributed by atoms with Gasteiger partial charge in [0.15, 0.2) is 5.82 Å². The van der Waals surface area contributed by atoms with Crippen LogP contribution >= 0.6 is 11.6 Å². The minimum absolute atomic E-state index is 0.618. The van der Waals surface area contributed by atoms with E-state index in [1.165, 1.54) is 16.7 Å². The lowest BCUT2D eigenvalue weighted by Crippen LogP contribution is -1.89. The molecule has 0 atom stereocenters. The summed E-state index contributed by atoms with van der Waals surface area (Å²) in [5.41, 5.74) is 6.29. The maximum absolute atomic E-state index is 6.35. The average Bonchev–Trinajstić information content (AvgIpc) is 2.56. The van der Waals surface area contributed by atoms with Crippen molar-refractivity contribution in [3.8, 4) is 22.4 Å². The van der Waals surface area contributed by atoms with Gasteiger partial charge >= 0.3 is 0 Å². The molecule has 0 aliphatic carbocycles. The van der Waals surface area contributed by atoms with Crippen LogP contribution in [-0.2, 0) is 0 Å². The van der Waals surface area contributed by atoms with E-state index >= 15 is 0 Å². The predicted octanol–water partition coefficient (Wildman–Crippen LogP) is 6.02. The summed E-state index contributed by atoms with van der Waals surface area (Å²) in [5, 5.41) is 0.624. The Balaban J connectivity index is 2.04. The van der Waals surface area contributed by atoms with Gasteiger partial charge in [-0.15, -0.1) is 0 Å². The van der Waals surface area contributed by atoms with Crippen molar-refractivity contribution in [2.45, 2.75) is 13.8 Å². The third-order valence-corrected chi connectivity index (χ3v) is 4.19. The van der Waals surface area contributed by atoms with E-state index in [1.54, 1.807) is 0 Å². The van der Waals surface area contributed by atoms with Crippen LogP contribution < -0.4 is 0 Å². The number of pyridine rings is 1. The largest absolute Gasteiger partial charge is 0.245 e. The number of rotatable bonds is 3. The van der Waals surface area contributed by atoms with Crippen LogP contribution in [0.25, 0.3) is 22.4 Å². The van der Waals surface area contributed by atoms with Crippen molar-refractivity contribution in [2.24, 2.45) is 4.99 Å². The lowest BCUT2D eigenvalue weighted by Gasteiger charge is -2.09. The van der Waals surface area contributed by atoms with Crippen LogP contribution in [0.1, 0.15) is 11.1 Å². The minimum Gasteiger partial charge on any atom is -0.245 e. The average molecular weight is 321 g/mol. The number of nitrogens with zero attached hydrogens (tertiary/aromatic N) is 2. The standard InChI is InChI=1S/C20H17ClN2/c1-13-6-4-5-7-17(13)15-8-10-16(11-9-15)19-18(21)12-14(2)20(22-3)23-19/h4-12H,3H2,1-2H3. The van der Waals surface area contributed by atoms with Crippen molar-refractivity contribution in [3.63, 3.8) is 0 Å². The summed E-state index contributed by atoms with van der Waals surface area (Å²) in [5.74, 6) is 0.618. The highest BCUT2D eigenvalue weighted by molar-refractivity contribution is 6.33. The number of halogens is 1. The van der Waals surface area contributed by atoms with E-state index in [0.717, 1.165) is 16.8 Å². The molecule has 0 N–H and O–H groups in total. The van der Waals surface area contributed by atoms with Crippen molar-refractivity contribution in [2.75, 3.05) is 0 Å². The second-order valence-corrected chi connectivity index (χ2v) is 5.92. The van der Waals surface area contributed by atoms with Crippen molar-refractivity contribution in [1.29, 1.82) is 0 Å². The van der Waals surface area contributed by atoms with Crippen LogP contribution in [0.5, 0.6) is 0 Å². The van der Waals surface area contributed by atoms with Gasteiger partial charge < -0.3 is 0 Å². The van der Waals surface area contributed by atoms with Gasteiger partial charge in [-0.25, -0.2) is 9.98 Å². The van der Waals surface area contributed by atoms with Crippen molar-refractivity contribution < 1.29 is 0 Å². The maximum Gasteiger partial charge on any atom is 0.154 e. The van der Waals surface area contributed by atoms with Crippen LogP contribution in [-0.4, -0.2) is 11.7 Å². The second-order valence-electron chi connectivity index (χ2n) is 5.51. The van der Waals surface area contributed by atoms with E-state index in [2.05, 4.69) is 53.9 Å². The zero-order valence-corrected chi connectivity index (χ0v) is 13.9. The second kappa shape index (κ2) is 6.35. The predicted molar refractivity (Wildman–Crippen MR) is 98.8 cm³/mol. The summed E-state index contributed by atoms with van der Waals surface area (Å²) in [6.07, 6.45) is 0. The first-order valence-electron chi connectivity index (χ1n) is 7.40. The summed E-state index contributed by atoms with van der Waals surface area (Å²) in [6.45, 7) is 7.60. The van der Waals surface area contributed by atoms with Gasteiger partial charge in [0.1, 0.15) is 0 Å².